The zero-order chi connectivity index (χ0) is 11.0. The van der Waals surface area contributed by atoms with E-state index in [1.54, 1.807) is 0 Å². The van der Waals surface area contributed by atoms with E-state index < -0.39 is 11.8 Å². The Labute approximate surface area is 84.0 Å². The van der Waals surface area contributed by atoms with Crippen molar-refractivity contribution in [1.82, 2.24) is 9.38 Å². The number of pyridine rings is 1. The highest BCUT2D eigenvalue weighted by molar-refractivity contribution is 5.71. The van der Waals surface area contributed by atoms with Gasteiger partial charge in [0, 0.05) is 18.5 Å². The van der Waals surface area contributed by atoms with Crippen molar-refractivity contribution in [2.45, 2.75) is 6.42 Å². The van der Waals surface area contributed by atoms with Crippen LogP contribution in [0.3, 0.4) is 0 Å². The molecule has 15 heavy (non-hydrogen) atoms. The van der Waals surface area contributed by atoms with Crippen LogP contribution >= 0.6 is 0 Å². The molecule has 0 spiro atoms. The number of fused-ring (bicyclic) bond motifs is 1. The smallest absolute Gasteiger partial charge is 0.309 e. The maximum Gasteiger partial charge on any atom is 0.309 e. The number of carboxylic acid groups (broad SMARTS) is 1. The van der Waals surface area contributed by atoms with Gasteiger partial charge in [-0.15, -0.1) is 0 Å². The third-order valence-electron chi connectivity index (χ3n) is 1.93. The molecule has 2 heterocycles. The summed E-state index contributed by atoms with van der Waals surface area (Å²) in [6.45, 7) is 0. The first-order valence-electron chi connectivity index (χ1n) is 4.20. The molecule has 2 rings (SSSR count). The Kier molecular flexibility index (Phi) is 2.03. The monoisotopic (exact) mass is 209 g/mol. The second-order valence-electron chi connectivity index (χ2n) is 3.15. The molecule has 0 fully saturated rings. The SMILES string of the molecule is Nc1cc(F)cn2cc(CC(=O)O)nc12. The minimum Gasteiger partial charge on any atom is -0.481 e. The number of nitrogen functional groups attached to an aromatic ring is 1. The maximum absolute atomic E-state index is 12.9. The lowest BCUT2D eigenvalue weighted by molar-refractivity contribution is -0.136. The summed E-state index contributed by atoms with van der Waals surface area (Å²) in [4.78, 5) is 14.4. The molecule has 0 atom stereocenters. The van der Waals surface area contributed by atoms with Crippen LogP contribution in [0.5, 0.6) is 0 Å². The van der Waals surface area contributed by atoms with Crippen molar-refractivity contribution in [3.8, 4) is 0 Å². The highest BCUT2D eigenvalue weighted by Gasteiger charge is 2.08. The lowest BCUT2D eigenvalue weighted by atomic mass is 10.3. The van der Waals surface area contributed by atoms with E-state index in [0.717, 1.165) is 6.07 Å². The Morgan fingerprint density at radius 2 is 2.33 bits per heavy atom. The number of nitrogens with zero attached hydrogens (tertiary/aromatic N) is 2. The zero-order valence-corrected chi connectivity index (χ0v) is 7.64. The summed E-state index contributed by atoms with van der Waals surface area (Å²) in [5, 5.41) is 8.56. The Bertz CT molecular complexity index is 535. The summed E-state index contributed by atoms with van der Waals surface area (Å²) in [5.41, 5.74) is 6.43. The predicted octanol–water partition coefficient (Wildman–Crippen LogP) is 0.683. The van der Waals surface area contributed by atoms with Gasteiger partial charge in [0.05, 0.1) is 17.8 Å². The summed E-state index contributed by atoms with van der Waals surface area (Å²) >= 11 is 0. The summed E-state index contributed by atoms with van der Waals surface area (Å²) in [5.74, 6) is -1.48. The molecule has 78 valence electrons. The van der Waals surface area contributed by atoms with E-state index in [2.05, 4.69) is 4.98 Å². The van der Waals surface area contributed by atoms with E-state index in [-0.39, 0.29) is 12.1 Å². The average molecular weight is 209 g/mol. The second-order valence-corrected chi connectivity index (χ2v) is 3.15. The lowest BCUT2D eigenvalue weighted by Crippen LogP contribution is -1.99. The zero-order valence-electron chi connectivity index (χ0n) is 7.64. The van der Waals surface area contributed by atoms with E-state index in [9.17, 15) is 9.18 Å². The normalized spacial score (nSPS) is 10.7. The van der Waals surface area contributed by atoms with Gasteiger partial charge in [-0.3, -0.25) is 4.79 Å². The molecule has 0 aromatic carbocycles. The van der Waals surface area contributed by atoms with Crippen molar-refractivity contribution in [1.29, 1.82) is 0 Å². The first-order valence-corrected chi connectivity index (χ1v) is 4.20. The number of hydrogen-bond acceptors (Lipinski definition) is 3. The van der Waals surface area contributed by atoms with E-state index in [1.807, 2.05) is 0 Å². The number of hydrogen-bond donors (Lipinski definition) is 2. The molecule has 0 aliphatic carbocycles. The third kappa shape index (κ3) is 1.74. The van der Waals surface area contributed by atoms with Gasteiger partial charge in [-0.2, -0.15) is 0 Å². The minimum absolute atomic E-state index is 0.187. The van der Waals surface area contributed by atoms with Crippen LogP contribution in [-0.4, -0.2) is 20.5 Å². The number of anilines is 1. The van der Waals surface area contributed by atoms with Crippen LogP contribution in [0.1, 0.15) is 5.69 Å². The van der Waals surface area contributed by atoms with Crippen LogP contribution in [0.2, 0.25) is 0 Å². The Balaban J connectivity index is 2.55. The van der Waals surface area contributed by atoms with E-state index in [1.165, 1.54) is 16.8 Å². The van der Waals surface area contributed by atoms with Crippen LogP contribution < -0.4 is 5.73 Å². The molecule has 2 aromatic rings. The molecule has 0 unspecified atom stereocenters. The molecular weight excluding hydrogens is 201 g/mol. The van der Waals surface area contributed by atoms with Gasteiger partial charge in [-0.05, 0) is 0 Å². The van der Waals surface area contributed by atoms with Crippen LogP contribution in [-0.2, 0) is 11.2 Å². The van der Waals surface area contributed by atoms with Crippen LogP contribution in [0.15, 0.2) is 18.5 Å². The molecule has 0 amide bonds. The number of aromatic nitrogens is 2. The molecule has 0 aliphatic rings. The van der Waals surface area contributed by atoms with E-state index in [0.29, 0.717) is 11.3 Å². The Morgan fingerprint density at radius 1 is 1.60 bits per heavy atom. The minimum atomic E-state index is -0.988. The number of carbonyl (C=O) groups is 1. The highest BCUT2D eigenvalue weighted by atomic mass is 19.1. The molecule has 6 heteroatoms. The van der Waals surface area contributed by atoms with Crippen molar-refractivity contribution in [2.75, 3.05) is 5.73 Å². The van der Waals surface area contributed by atoms with Crippen LogP contribution in [0.25, 0.3) is 5.65 Å². The van der Waals surface area contributed by atoms with Crippen molar-refractivity contribution < 1.29 is 14.3 Å². The molecule has 0 saturated heterocycles. The van der Waals surface area contributed by atoms with E-state index >= 15 is 0 Å². The molecule has 0 bridgehead atoms. The van der Waals surface area contributed by atoms with E-state index in [4.69, 9.17) is 10.8 Å². The van der Waals surface area contributed by atoms with Crippen molar-refractivity contribution in [3.05, 3.63) is 30.0 Å². The van der Waals surface area contributed by atoms with Crippen LogP contribution in [0.4, 0.5) is 10.1 Å². The summed E-state index contributed by atoms with van der Waals surface area (Å²) < 4.78 is 14.3. The summed E-state index contributed by atoms with van der Waals surface area (Å²) in [7, 11) is 0. The molecule has 5 nitrogen and oxygen atoms in total. The fourth-order valence-electron chi connectivity index (χ4n) is 1.38. The van der Waals surface area contributed by atoms with Gasteiger partial charge in [0.25, 0.3) is 0 Å². The van der Waals surface area contributed by atoms with Gasteiger partial charge in [-0.25, -0.2) is 9.37 Å². The van der Waals surface area contributed by atoms with Crippen LogP contribution in [0, 0.1) is 5.82 Å². The van der Waals surface area contributed by atoms with Crippen molar-refractivity contribution in [2.24, 2.45) is 0 Å². The van der Waals surface area contributed by atoms with Crippen molar-refractivity contribution >= 4 is 17.3 Å². The maximum atomic E-state index is 12.9. The second kappa shape index (κ2) is 3.23. The number of carboxylic acids is 1. The quantitative estimate of drug-likeness (QED) is 0.762. The van der Waals surface area contributed by atoms with Gasteiger partial charge >= 0.3 is 5.97 Å². The van der Waals surface area contributed by atoms with Crippen molar-refractivity contribution in [3.63, 3.8) is 0 Å². The van der Waals surface area contributed by atoms with Gasteiger partial charge in [0.2, 0.25) is 0 Å². The predicted molar refractivity (Wildman–Crippen MR) is 50.9 cm³/mol. The Morgan fingerprint density at radius 3 is 3.00 bits per heavy atom. The molecule has 0 radical (unpaired) electrons. The van der Waals surface area contributed by atoms with Gasteiger partial charge < -0.3 is 15.2 Å². The Hall–Kier alpha value is -2.11. The summed E-state index contributed by atoms with van der Waals surface area (Å²) in [6, 6.07) is 1.15. The number of nitrogens with two attached hydrogens (primary N) is 1. The van der Waals surface area contributed by atoms with Gasteiger partial charge in [0.15, 0.2) is 5.65 Å². The standard InChI is InChI=1S/C9H8FN3O2/c10-5-1-7(11)9-12-6(2-8(14)15)4-13(9)3-5/h1,3-4H,2,11H2,(H,14,15). The fourth-order valence-corrected chi connectivity index (χ4v) is 1.38. The average Bonchev–Trinajstić information content (AvgIpc) is 2.45. The fraction of sp³-hybridized carbons (Fsp3) is 0.111. The van der Waals surface area contributed by atoms with Gasteiger partial charge in [-0.1, -0.05) is 0 Å². The molecule has 0 saturated carbocycles. The topological polar surface area (TPSA) is 80.6 Å². The largest absolute Gasteiger partial charge is 0.481 e. The third-order valence-corrected chi connectivity index (χ3v) is 1.93. The first kappa shape index (κ1) is 9.45. The lowest BCUT2D eigenvalue weighted by Gasteiger charge is -1.96. The molecule has 3 N–H and O–H groups in total. The first-order chi connectivity index (χ1) is 7.06. The summed E-state index contributed by atoms with van der Waals surface area (Å²) in [6.07, 6.45) is 2.44. The number of aliphatic carboxylic acids is 1. The number of halogens is 1. The number of rotatable bonds is 2. The molecule has 2 aromatic heterocycles. The number of imidazole rings is 1. The molecule has 0 aliphatic heterocycles. The molecular formula is C9H8FN3O2. The highest BCUT2D eigenvalue weighted by Crippen LogP contribution is 2.15. The van der Waals surface area contributed by atoms with Gasteiger partial charge in [0.1, 0.15) is 5.82 Å².